The lowest BCUT2D eigenvalue weighted by atomic mass is 9.98. The Bertz CT molecular complexity index is 832. The van der Waals surface area contributed by atoms with Crippen LogP contribution in [0.3, 0.4) is 0 Å². The first-order valence-corrected chi connectivity index (χ1v) is 9.23. The minimum atomic E-state index is -4.41. The zero-order chi connectivity index (χ0) is 19.0. The van der Waals surface area contributed by atoms with Crippen LogP contribution in [0.5, 0.6) is 0 Å². The van der Waals surface area contributed by atoms with Crippen molar-refractivity contribution in [2.45, 2.75) is 25.1 Å². The van der Waals surface area contributed by atoms with Crippen molar-refractivity contribution < 1.29 is 18.0 Å². The van der Waals surface area contributed by atoms with E-state index >= 15 is 0 Å². The molecule has 3 nitrogen and oxygen atoms in total. The van der Waals surface area contributed by atoms with Gasteiger partial charge in [0.05, 0.1) is 5.56 Å². The van der Waals surface area contributed by atoms with Crippen molar-refractivity contribution >= 4 is 5.91 Å². The molecule has 2 aromatic carbocycles. The van der Waals surface area contributed by atoms with E-state index in [0.717, 1.165) is 32.1 Å². The molecular formula is C21H21F3N2O. The number of hydrogen-bond acceptors (Lipinski definition) is 2. The van der Waals surface area contributed by atoms with Gasteiger partial charge in [0.25, 0.3) is 5.91 Å². The fourth-order valence-electron chi connectivity index (χ4n) is 4.13. The molecular weight excluding hydrogens is 353 g/mol. The highest BCUT2D eigenvalue weighted by atomic mass is 19.4. The van der Waals surface area contributed by atoms with Gasteiger partial charge in [-0.25, -0.2) is 0 Å². The molecule has 1 atom stereocenters. The number of nitrogens with zero attached hydrogens (tertiary/aromatic N) is 2. The van der Waals surface area contributed by atoms with Gasteiger partial charge >= 0.3 is 6.18 Å². The van der Waals surface area contributed by atoms with Crippen LogP contribution in [0.2, 0.25) is 0 Å². The molecule has 2 aromatic rings. The number of rotatable bonds is 2. The molecule has 142 valence electrons. The maximum Gasteiger partial charge on any atom is 0.417 e. The Balaban J connectivity index is 1.54. The van der Waals surface area contributed by atoms with E-state index in [9.17, 15) is 18.0 Å². The van der Waals surface area contributed by atoms with E-state index in [1.807, 2.05) is 4.90 Å². The normalized spacial score (nSPS) is 20.6. The van der Waals surface area contributed by atoms with Crippen molar-refractivity contribution in [3.8, 4) is 11.1 Å². The van der Waals surface area contributed by atoms with Crippen molar-refractivity contribution in [1.29, 1.82) is 0 Å². The van der Waals surface area contributed by atoms with Gasteiger partial charge in [-0.05, 0) is 48.7 Å². The number of benzene rings is 2. The molecule has 4 rings (SSSR count). The van der Waals surface area contributed by atoms with E-state index in [0.29, 0.717) is 23.7 Å². The summed E-state index contributed by atoms with van der Waals surface area (Å²) in [5.41, 5.74) is 0.444. The summed E-state index contributed by atoms with van der Waals surface area (Å²) < 4.78 is 39.7. The molecule has 0 aromatic heterocycles. The number of amides is 1. The fraction of sp³-hybridized carbons (Fsp3) is 0.381. The Morgan fingerprint density at radius 1 is 0.963 bits per heavy atom. The number of piperazine rings is 1. The van der Waals surface area contributed by atoms with E-state index in [2.05, 4.69) is 4.90 Å². The van der Waals surface area contributed by atoms with E-state index in [4.69, 9.17) is 0 Å². The Labute approximate surface area is 156 Å². The molecule has 0 aliphatic carbocycles. The number of alkyl halides is 3. The minimum Gasteiger partial charge on any atom is -0.336 e. The second-order valence-corrected chi connectivity index (χ2v) is 7.20. The van der Waals surface area contributed by atoms with Crippen LogP contribution in [0, 0.1) is 0 Å². The summed E-state index contributed by atoms with van der Waals surface area (Å²) in [5.74, 6) is -0.0443. The molecule has 6 heteroatoms. The smallest absolute Gasteiger partial charge is 0.336 e. The van der Waals surface area contributed by atoms with Crippen LogP contribution in [0.1, 0.15) is 28.8 Å². The van der Waals surface area contributed by atoms with Gasteiger partial charge in [0.2, 0.25) is 0 Å². The van der Waals surface area contributed by atoms with Gasteiger partial charge in [-0.1, -0.05) is 30.3 Å². The van der Waals surface area contributed by atoms with Gasteiger partial charge in [0.1, 0.15) is 0 Å². The fourth-order valence-corrected chi connectivity index (χ4v) is 4.13. The monoisotopic (exact) mass is 374 g/mol. The van der Waals surface area contributed by atoms with Crippen LogP contribution in [-0.4, -0.2) is 47.9 Å². The molecule has 0 N–H and O–H groups in total. The van der Waals surface area contributed by atoms with Crippen LogP contribution in [0.4, 0.5) is 13.2 Å². The molecule has 2 aliphatic heterocycles. The molecule has 2 saturated heterocycles. The lowest BCUT2D eigenvalue weighted by molar-refractivity contribution is -0.137. The van der Waals surface area contributed by atoms with Crippen molar-refractivity contribution in [2.24, 2.45) is 0 Å². The quantitative estimate of drug-likeness (QED) is 0.783. The number of carbonyl (C=O) groups excluding carboxylic acids is 1. The molecule has 0 unspecified atom stereocenters. The van der Waals surface area contributed by atoms with Crippen molar-refractivity contribution in [2.75, 3.05) is 26.2 Å². The van der Waals surface area contributed by atoms with Gasteiger partial charge in [0, 0.05) is 31.2 Å². The van der Waals surface area contributed by atoms with E-state index in [-0.39, 0.29) is 11.5 Å². The molecule has 27 heavy (non-hydrogen) atoms. The topological polar surface area (TPSA) is 23.6 Å². The van der Waals surface area contributed by atoms with E-state index in [1.165, 1.54) is 18.6 Å². The average Bonchev–Trinajstić information content (AvgIpc) is 3.15. The molecule has 1 amide bonds. The van der Waals surface area contributed by atoms with Crippen molar-refractivity contribution in [3.63, 3.8) is 0 Å². The number of halogens is 3. The number of fused-ring (bicyclic) bond motifs is 1. The second-order valence-electron chi connectivity index (χ2n) is 7.20. The molecule has 2 aliphatic rings. The van der Waals surface area contributed by atoms with Gasteiger partial charge in [-0.15, -0.1) is 0 Å². The van der Waals surface area contributed by atoms with Crippen molar-refractivity contribution in [1.82, 2.24) is 9.80 Å². The second kappa shape index (κ2) is 7.00. The summed E-state index contributed by atoms with van der Waals surface area (Å²) in [6.45, 7) is 3.44. The van der Waals surface area contributed by atoms with Gasteiger partial charge in [0.15, 0.2) is 0 Å². The molecule has 2 fully saturated rings. The molecule has 0 spiro atoms. The molecule has 2 heterocycles. The summed E-state index contributed by atoms with van der Waals surface area (Å²) in [7, 11) is 0. The number of hydrogen-bond donors (Lipinski definition) is 0. The zero-order valence-electron chi connectivity index (χ0n) is 14.9. The Morgan fingerprint density at radius 2 is 1.70 bits per heavy atom. The van der Waals surface area contributed by atoms with Crippen LogP contribution < -0.4 is 0 Å². The first-order valence-electron chi connectivity index (χ1n) is 9.23. The van der Waals surface area contributed by atoms with Gasteiger partial charge < -0.3 is 4.90 Å². The summed E-state index contributed by atoms with van der Waals surface area (Å²) in [6, 6.07) is 12.4. The highest BCUT2D eigenvalue weighted by Crippen LogP contribution is 2.37. The SMILES string of the molecule is O=C(c1ccc(-c2ccccc2C(F)(F)F)cc1)N1CCN2CCC[C@@H]2C1. The summed E-state index contributed by atoms with van der Waals surface area (Å²) >= 11 is 0. The van der Waals surface area contributed by atoms with Gasteiger partial charge in [-0.3, -0.25) is 9.69 Å². The Morgan fingerprint density at radius 3 is 2.44 bits per heavy atom. The third-order valence-electron chi connectivity index (χ3n) is 5.55. The first kappa shape index (κ1) is 18.0. The maximum absolute atomic E-state index is 13.2. The summed E-state index contributed by atoms with van der Waals surface area (Å²) in [5, 5.41) is 0. The Kier molecular flexibility index (Phi) is 4.68. The third kappa shape index (κ3) is 3.58. The van der Waals surface area contributed by atoms with Crippen LogP contribution in [-0.2, 0) is 6.18 Å². The molecule has 0 saturated carbocycles. The maximum atomic E-state index is 13.2. The average molecular weight is 374 g/mol. The van der Waals surface area contributed by atoms with Crippen LogP contribution in [0.15, 0.2) is 48.5 Å². The lowest BCUT2D eigenvalue weighted by Crippen LogP contribution is -2.52. The zero-order valence-corrected chi connectivity index (χ0v) is 14.9. The third-order valence-corrected chi connectivity index (χ3v) is 5.55. The predicted octanol–water partition coefficient (Wildman–Crippen LogP) is 4.29. The van der Waals surface area contributed by atoms with E-state index < -0.39 is 11.7 Å². The largest absolute Gasteiger partial charge is 0.417 e. The molecule has 0 radical (unpaired) electrons. The molecule has 0 bridgehead atoms. The first-order chi connectivity index (χ1) is 12.9. The van der Waals surface area contributed by atoms with Crippen LogP contribution in [0.25, 0.3) is 11.1 Å². The summed E-state index contributed by atoms with van der Waals surface area (Å²) in [4.78, 5) is 17.1. The Hall–Kier alpha value is -2.34. The van der Waals surface area contributed by atoms with E-state index in [1.54, 1.807) is 30.3 Å². The van der Waals surface area contributed by atoms with Crippen LogP contribution >= 0.6 is 0 Å². The standard InChI is InChI=1S/C21H21F3N2O/c22-21(23,24)19-6-2-1-5-18(19)15-7-9-16(10-8-15)20(27)26-13-12-25-11-3-4-17(25)14-26/h1-2,5-10,17H,3-4,11-14H2/t17-/m1/s1. The number of carbonyl (C=O) groups is 1. The lowest BCUT2D eigenvalue weighted by Gasteiger charge is -2.37. The predicted molar refractivity (Wildman–Crippen MR) is 97.4 cm³/mol. The van der Waals surface area contributed by atoms with Crippen molar-refractivity contribution in [3.05, 3.63) is 59.7 Å². The van der Waals surface area contributed by atoms with Gasteiger partial charge in [-0.2, -0.15) is 13.2 Å². The minimum absolute atomic E-state index is 0.0443. The highest BCUT2D eigenvalue weighted by molar-refractivity contribution is 5.95. The highest BCUT2D eigenvalue weighted by Gasteiger charge is 2.34. The summed E-state index contributed by atoms with van der Waals surface area (Å²) in [6.07, 6.45) is -2.11.